The van der Waals surface area contributed by atoms with E-state index in [-0.39, 0.29) is 5.91 Å². The van der Waals surface area contributed by atoms with E-state index in [9.17, 15) is 4.79 Å². The smallest absolute Gasteiger partial charge is 0.239 e. The van der Waals surface area contributed by atoms with Gasteiger partial charge in [0.2, 0.25) is 5.91 Å². The van der Waals surface area contributed by atoms with E-state index in [4.69, 9.17) is 0 Å². The third-order valence-corrected chi connectivity index (χ3v) is 6.02. The van der Waals surface area contributed by atoms with E-state index in [0.717, 1.165) is 37.9 Å². The Morgan fingerprint density at radius 3 is 2.65 bits per heavy atom. The molecule has 1 aromatic heterocycles. The second-order valence-electron chi connectivity index (χ2n) is 8.06. The molecule has 1 aliphatic carbocycles. The number of rotatable bonds is 8. The summed E-state index contributed by atoms with van der Waals surface area (Å²) in [5, 5.41) is 10.7. The van der Waals surface area contributed by atoms with Crippen molar-refractivity contribution in [2.75, 3.05) is 38.5 Å². The minimum Gasteiger partial charge on any atom is -0.320 e. The lowest BCUT2D eigenvalue weighted by atomic mass is 9.89. The van der Waals surface area contributed by atoms with Crippen LogP contribution in [0.5, 0.6) is 0 Å². The van der Waals surface area contributed by atoms with Crippen LogP contribution in [0, 0.1) is 11.8 Å². The van der Waals surface area contributed by atoms with Crippen LogP contribution in [0.25, 0.3) is 0 Å². The zero-order valence-electron chi connectivity index (χ0n) is 16.3. The first-order valence-corrected chi connectivity index (χ1v) is 10.4. The minimum absolute atomic E-state index is 0.0871. The van der Waals surface area contributed by atoms with Crippen molar-refractivity contribution in [2.24, 2.45) is 11.8 Å². The fourth-order valence-corrected chi connectivity index (χ4v) is 4.37. The molecule has 1 amide bonds. The Morgan fingerprint density at radius 1 is 1.15 bits per heavy atom. The monoisotopic (exact) mass is 361 g/mol. The number of nitrogens with zero attached hydrogens (tertiary/aromatic N) is 3. The van der Waals surface area contributed by atoms with Crippen LogP contribution in [0.1, 0.15) is 51.4 Å². The van der Waals surface area contributed by atoms with Crippen molar-refractivity contribution in [3.05, 3.63) is 12.3 Å². The molecule has 2 fully saturated rings. The number of likely N-dealkylation sites (tertiary alicyclic amines) is 1. The predicted molar refractivity (Wildman–Crippen MR) is 105 cm³/mol. The number of hydrogen-bond donors (Lipinski definition) is 2. The Bertz CT molecular complexity index is 544. The van der Waals surface area contributed by atoms with E-state index in [0.29, 0.717) is 12.5 Å². The van der Waals surface area contributed by atoms with Gasteiger partial charge in [0.15, 0.2) is 0 Å². The molecular weight excluding hydrogens is 326 g/mol. The third-order valence-electron chi connectivity index (χ3n) is 6.02. The molecule has 2 aliphatic rings. The van der Waals surface area contributed by atoms with Crippen molar-refractivity contribution >= 4 is 11.7 Å². The Hall–Kier alpha value is -1.40. The summed E-state index contributed by atoms with van der Waals surface area (Å²) in [4.78, 5) is 14.8. The Morgan fingerprint density at radius 2 is 1.92 bits per heavy atom. The van der Waals surface area contributed by atoms with Crippen LogP contribution in [0.2, 0.25) is 0 Å². The molecule has 1 aromatic rings. The molecule has 0 atom stereocenters. The average molecular weight is 362 g/mol. The van der Waals surface area contributed by atoms with Crippen LogP contribution in [-0.2, 0) is 11.3 Å². The molecule has 0 bridgehead atoms. The van der Waals surface area contributed by atoms with Gasteiger partial charge < -0.3 is 10.6 Å². The highest BCUT2D eigenvalue weighted by atomic mass is 16.2. The summed E-state index contributed by atoms with van der Waals surface area (Å²) in [6.45, 7) is 4.58. The molecule has 146 valence electrons. The molecule has 6 nitrogen and oxygen atoms in total. The number of carbonyl (C=O) groups excluding carboxylic acids is 1. The molecule has 0 unspecified atom stereocenters. The summed E-state index contributed by atoms with van der Waals surface area (Å²) in [5.74, 6) is 2.45. The second-order valence-corrected chi connectivity index (χ2v) is 8.06. The number of hydrogen-bond acceptors (Lipinski definition) is 4. The quantitative estimate of drug-likeness (QED) is 0.747. The fourth-order valence-electron chi connectivity index (χ4n) is 4.37. The van der Waals surface area contributed by atoms with Gasteiger partial charge in [-0.05, 0) is 70.6 Å². The molecule has 0 radical (unpaired) electrons. The predicted octanol–water partition coefficient (Wildman–Crippen LogP) is 2.72. The summed E-state index contributed by atoms with van der Waals surface area (Å²) in [5.41, 5.74) is 0. The molecule has 6 heteroatoms. The molecule has 26 heavy (non-hydrogen) atoms. The number of anilines is 1. The standard InChI is InChI=1S/C20H35N5O/c1-21-11-7-17-9-13-24(14-10-17)16-20(26)23-19-8-12-22-25(19)15-18-5-3-2-4-6-18/h8,12,17-18,21H,2-7,9-11,13-16H2,1H3,(H,23,26). The molecule has 2 N–H and O–H groups in total. The minimum atomic E-state index is 0.0871. The van der Waals surface area contributed by atoms with Crippen molar-refractivity contribution in [2.45, 2.75) is 57.9 Å². The molecule has 0 aromatic carbocycles. The van der Waals surface area contributed by atoms with E-state index in [1.165, 1.54) is 51.4 Å². The molecule has 1 aliphatic heterocycles. The third kappa shape index (κ3) is 5.81. The summed E-state index contributed by atoms with van der Waals surface area (Å²) < 4.78 is 1.98. The molecular formula is C20H35N5O. The van der Waals surface area contributed by atoms with E-state index < -0.39 is 0 Å². The highest BCUT2D eigenvalue weighted by Crippen LogP contribution is 2.26. The van der Waals surface area contributed by atoms with E-state index >= 15 is 0 Å². The number of aromatic nitrogens is 2. The number of carbonyl (C=O) groups is 1. The number of nitrogens with one attached hydrogen (secondary N) is 2. The van der Waals surface area contributed by atoms with Crippen LogP contribution in [0.15, 0.2) is 12.3 Å². The van der Waals surface area contributed by atoms with Crippen molar-refractivity contribution in [3.63, 3.8) is 0 Å². The normalized spacial score (nSPS) is 20.3. The SMILES string of the molecule is CNCCC1CCN(CC(=O)Nc2ccnn2CC2CCCCC2)CC1. The molecule has 0 spiro atoms. The van der Waals surface area contributed by atoms with Crippen LogP contribution in [-0.4, -0.2) is 53.8 Å². The first-order valence-electron chi connectivity index (χ1n) is 10.4. The molecule has 1 saturated heterocycles. The number of amides is 1. The van der Waals surface area contributed by atoms with Crippen LogP contribution in [0.3, 0.4) is 0 Å². The highest BCUT2D eigenvalue weighted by Gasteiger charge is 2.21. The molecule has 3 rings (SSSR count). The van der Waals surface area contributed by atoms with Gasteiger partial charge in [-0.2, -0.15) is 5.10 Å². The van der Waals surface area contributed by atoms with Gasteiger partial charge >= 0.3 is 0 Å². The fraction of sp³-hybridized carbons (Fsp3) is 0.800. The van der Waals surface area contributed by atoms with E-state index in [2.05, 4.69) is 20.6 Å². The van der Waals surface area contributed by atoms with Crippen molar-refractivity contribution in [1.29, 1.82) is 0 Å². The lowest BCUT2D eigenvalue weighted by Gasteiger charge is -2.31. The van der Waals surface area contributed by atoms with Gasteiger partial charge in [0, 0.05) is 12.6 Å². The Kier molecular flexibility index (Phi) is 7.50. The number of piperidine rings is 1. The zero-order chi connectivity index (χ0) is 18.2. The van der Waals surface area contributed by atoms with Gasteiger partial charge in [-0.1, -0.05) is 19.3 Å². The van der Waals surface area contributed by atoms with Crippen LogP contribution < -0.4 is 10.6 Å². The van der Waals surface area contributed by atoms with Crippen molar-refractivity contribution in [1.82, 2.24) is 20.0 Å². The van der Waals surface area contributed by atoms with Gasteiger partial charge in [-0.15, -0.1) is 0 Å². The summed E-state index contributed by atoms with van der Waals surface area (Å²) in [7, 11) is 2.01. The van der Waals surface area contributed by atoms with E-state index in [1.807, 2.05) is 17.8 Å². The Labute approximate surface area is 157 Å². The lowest BCUT2D eigenvalue weighted by molar-refractivity contribution is -0.117. The maximum absolute atomic E-state index is 12.5. The van der Waals surface area contributed by atoms with E-state index in [1.54, 1.807) is 6.20 Å². The molecule has 2 heterocycles. The van der Waals surface area contributed by atoms with Gasteiger partial charge in [0.25, 0.3) is 0 Å². The lowest BCUT2D eigenvalue weighted by Crippen LogP contribution is -2.39. The summed E-state index contributed by atoms with van der Waals surface area (Å²) >= 11 is 0. The maximum atomic E-state index is 12.5. The zero-order valence-corrected chi connectivity index (χ0v) is 16.3. The summed E-state index contributed by atoms with van der Waals surface area (Å²) in [6, 6.07) is 1.92. The van der Waals surface area contributed by atoms with Crippen molar-refractivity contribution < 1.29 is 4.79 Å². The Balaban J connectivity index is 1.42. The first-order chi connectivity index (χ1) is 12.7. The average Bonchev–Trinajstić information content (AvgIpc) is 3.08. The first kappa shape index (κ1) is 19.4. The summed E-state index contributed by atoms with van der Waals surface area (Å²) in [6.07, 6.45) is 12.1. The molecule has 1 saturated carbocycles. The largest absolute Gasteiger partial charge is 0.320 e. The van der Waals surface area contributed by atoms with Crippen molar-refractivity contribution in [3.8, 4) is 0 Å². The van der Waals surface area contributed by atoms with Gasteiger partial charge in [0.05, 0.1) is 12.7 Å². The van der Waals surface area contributed by atoms with Gasteiger partial charge in [0.1, 0.15) is 5.82 Å². The topological polar surface area (TPSA) is 62.2 Å². The van der Waals surface area contributed by atoms with Gasteiger partial charge in [-0.25, -0.2) is 4.68 Å². The highest BCUT2D eigenvalue weighted by molar-refractivity contribution is 5.91. The van der Waals surface area contributed by atoms with Crippen LogP contribution >= 0.6 is 0 Å². The van der Waals surface area contributed by atoms with Gasteiger partial charge in [-0.3, -0.25) is 9.69 Å². The second kappa shape index (κ2) is 10.1. The van der Waals surface area contributed by atoms with Crippen LogP contribution in [0.4, 0.5) is 5.82 Å². The maximum Gasteiger partial charge on any atom is 0.239 e.